The molecule has 5 nitrogen and oxygen atoms in total. The van der Waals surface area contributed by atoms with Crippen LogP contribution in [0.5, 0.6) is 0 Å². The summed E-state index contributed by atoms with van der Waals surface area (Å²) in [5, 5.41) is 2.84. The first-order chi connectivity index (χ1) is 9.08. The largest absolute Gasteiger partial charge is 0.342 e. The third-order valence-corrected chi connectivity index (χ3v) is 3.84. The maximum atomic E-state index is 12.5. The molecule has 0 aromatic carbocycles. The van der Waals surface area contributed by atoms with Crippen LogP contribution in [0.1, 0.15) is 25.5 Å². The average molecular weight is 259 g/mol. The molecule has 5 heteroatoms. The Labute approximate surface area is 112 Å². The number of amides is 2. The summed E-state index contributed by atoms with van der Waals surface area (Å²) in [6.45, 7) is 3.64. The lowest BCUT2D eigenvalue weighted by atomic mass is 10.0. The second-order valence-corrected chi connectivity index (χ2v) is 5.37. The van der Waals surface area contributed by atoms with Crippen LogP contribution in [0, 0.1) is 12.8 Å². The van der Waals surface area contributed by atoms with Crippen molar-refractivity contribution in [2.75, 3.05) is 4.90 Å². The van der Waals surface area contributed by atoms with E-state index in [9.17, 15) is 9.59 Å². The summed E-state index contributed by atoms with van der Waals surface area (Å²) in [6.07, 6.45) is 3.70. The molecule has 2 unspecified atom stereocenters. The Balaban J connectivity index is 1.93. The van der Waals surface area contributed by atoms with E-state index in [1.807, 2.05) is 19.1 Å². The van der Waals surface area contributed by atoms with Gasteiger partial charge in [-0.3, -0.25) is 19.5 Å². The van der Waals surface area contributed by atoms with E-state index in [0.29, 0.717) is 11.6 Å². The Bertz CT molecular complexity index is 522. The predicted molar refractivity (Wildman–Crippen MR) is 70.6 cm³/mol. The van der Waals surface area contributed by atoms with Crippen LogP contribution in [-0.4, -0.2) is 28.9 Å². The van der Waals surface area contributed by atoms with Gasteiger partial charge >= 0.3 is 0 Å². The molecule has 2 amide bonds. The van der Waals surface area contributed by atoms with Gasteiger partial charge in [-0.25, -0.2) is 0 Å². The van der Waals surface area contributed by atoms with E-state index in [1.165, 1.54) is 0 Å². The number of nitrogens with zero attached hydrogens (tertiary/aromatic N) is 2. The molecule has 2 fully saturated rings. The summed E-state index contributed by atoms with van der Waals surface area (Å²) in [5.74, 6) is 0.210. The molecule has 2 heterocycles. The zero-order valence-corrected chi connectivity index (χ0v) is 11.1. The lowest BCUT2D eigenvalue weighted by molar-refractivity contribution is -0.134. The maximum Gasteiger partial charge on any atom is 0.250 e. The SMILES string of the molecule is Cc1ccc(N2C(=O)C(C3CC3)NC(=O)C2C)cn1. The summed E-state index contributed by atoms with van der Waals surface area (Å²) >= 11 is 0. The van der Waals surface area contributed by atoms with Crippen LogP contribution in [0.4, 0.5) is 5.69 Å². The molecule has 0 radical (unpaired) electrons. The van der Waals surface area contributed by atoms with Crippen LogP contribution in [0.25, 0.3) is 0 Å². The van der Waals surface area contributed by atoms with E-state index in [1.54, 1.807) is 18.0 Å². The van der Waals surface area contributed by atoms with Gasteiger partial charge in [0.2, 0.25) is 5.91 Å². The van der Waals surface area contributed by atoms with Crippen molar-refractivity contribution in [1.82, 2.24) is 10.3 Å². The van der Waals surface area contributed by atoms with Crippen molar-refractivity contribution in [3.05, 3.63) is 24.0 Å². The zero-order valence-electron chi connectivity index (χ0n) is 11.1. The topological polar surface area (TPSA) is 62.3 Å². The highest BCUT2D eigenvalue weighted by molar-refractivity contribution is 6.08. The molecule has 0 bridgehead atoms. The van der Waals surface area contributed by atoms with Gasteiger partial charge in [-0.2, -0.15) is 0 Å². The van der Waals surface area contributed by atoms with Crippen molar-refractivity contribution in [3.63, 3.8) is 0 Å². The highest BCUT2D eigenvalue weighted by Crippen LogP contribution is 2.36. The maximum absolute atomic E-state index is 12.5. The first kappa shape index (κ1) is 12.1. The third kappa shape index (κ3) is 2.09. The first-order valence-corrected chi connectivity index (χ1v) is 6.64. The number of aromatic nitrogens is 1. The van der Waals surface area contributed by atoms with E-state index in [0.717, 1.165) is 18.5 Å². The Morgan fingerprint density at radius 3 is 2.63 bits per heavy atom. The quantitative estimate of drug-likeness (QED) is 0.862. The second-order valence-electron chi connectivity index (χ2n) is 5.37. The van der Waals surface area contributed by atoms with Gasteiger partial charge in [0, 0.05) is 5.69 Å². The summed E-state index contributed by atoms with van der Waals surface area (Å²) in [7, 11) is 0. The molecule has 1 saturated carbocycles. The van der Waals surface area contributed by atoms with E-state index in [2.05, 4.69) is 10.3 Å². The van der Waals surface area contributed by atoms with Gasteiger partial charge in [0.05, 0.1) is 11.9 Å². The Morgan fingerprint density at radius 1 is 1.32 bits per heavy atom. The molecular weight excluding hydrogens is 242 g/mol. The van der Waals surface area contributed by atoms with Crippen LogP contribution in [0.3, 0.4) is 0 Å². The van der Waals surface area contributed by atoms with Gasteiger partial charge in [-0.15, -0.1) is 0 Å². The normalized spacial score (nSPS) is 27.4. The zero-order chi connectivity index (χ0) is 13.6. The van der Waals surface area contributed by atoms with Crippen molar-refractivity contribution in [1.29, 1.82) is 0 Å². The van der Waals surface area contributed by atoms with Gasteiger partial charge in [0.15, 0.2) is 0 Å². The molecule has 0 spiro atoms. The Kier molecular flexibility index (Phi) is 2.77. The van der Waals surface area contributed by atoms with E-state index in [4.69, 9.17) is 0 Å². The standard InChI is InChI=1S/C14H17N3O2/c1-8-3-6-11(7-15-8)17-9(2)13(18)16-12(14(17)19)10-4-5-10/h3,6-7,9-10,12H,4-5H2,1-2H3,(H,16,18). The number of anilines is 1. The third-order valence-electron chi connectivity index (χ3n) is 3.84. The van der Waals surface area contributed by atoms with Crippen molar-refractivity contribution in [3.8, 4) is 0 Å². The van der Waals surface area contributed by atoms with Crippen LogP contribution in [-0.2, 0) is 9.59 Å². The Hall–Kier alpha value is -1.91. The Morgan fingerprint density at radius 2 is 2.05 bits per heavy atom. The highest BCUT2D eigenvalue weighted by atomic mass is 16.2. The molecule has 1 saturated heterocycles. The smallest absolute Gasteiger partial charge is 0.250 e. The molecule has 3 rings (SSSR count). The van der Waals surface area contributed by atoms with Crippen molar-refractivity contribution in [2.24, 2.45) is 5.92 Å². The van der Waals surface area contributed by atoms with Gasteiger partial charge < -0.3 is 5.32 Å². The van der Waals surface area contributed by atoms with Crippen LogP contribution in [0.2, 0.25) is 0 Å². The van der Waals surface area contributed by atoms with E-state index < -0.39 is 6.04 Å². The lowest BCUT2D eigenvalue weighted by Gasteiger charge is -2.37. The second kappa shape index (κ2) is 4.33. The van der Waals surface area contributed by atoms with Crippen LogP contribution >= 0.6 is 0 Å². The number of carbonyl (C=O) groups is 2. The van der Waals surface area contributed by atoms with Crippen molar-refractivity contribution < 1.29 is 9.59 Å². The molecule has 1 aliphatic carbocycles. The lowest BCUT2D eigenvalue weighted by Crippen LogP contribution is -2.63. The van der Waals surface area contributed by atoms with Gasteiger partial charge in [-0.1, -0.05) is 0 Å². The number of pyridine rings is 1. The minimum Gasteiger partial charge on any atom is -0.342 e. The van der Waals surface area contributed by atoms with E-state index in [-0.39, 0.29) is 17.9 Å². The summed E-state index contributed by atoms with van der Waals surface area (Å²) < 4.78 is 0. The van der Waals surface area contributed by atoms with Crippen molar-refractivity contribution >= 4 is 17.5 Å². The summed E-state index contributed by atoms with van der Waals surface area (Å²) in [5.41, 5.74) is 1.59. The van der Waals surface area contributed by atoms with Gasteiger partial charge in [0.25, 0.3) is 5.91 Å². The first-order valence-electron chi connectivity index (χ1n) is 6.64. The fourth-order valence-corrected chi connectivity index (χ4v) is 2.50. The minimum absolute atomic E-state index is 0.0137. The summed E-state index contributed by atoms with van der Waals surface area (Å²) in [6, 6.07) is 2.87. The molecule has 1 aromatic rings. The molecule has 2 atom stereocenters. The van der Waals surface area contributed by atoms with Crippen molar-refractivity contribution in [2.45, 2.75) is 38.8 Å². The van der Waals surface area contributed by atoms with Gasteiger partial charge in [0.1, 0.15) is 12.1 Å². The van der Waals surface area contributed by atoms with Gasteiger partial charge in [-0.05, 0) is 44.7 Å². The van der Waals surface area contributed by atoms with Crippen LogP contribution < -0.4 is 10.2 Å². The molecule has 100 valence electrons. The number of nitrogens with one attached hydrogen (secondary N) is 1. The average Bonchev–Trinajstić information content (AvgIpc) is 3.21. The fourth-order valence-electron chi connectivity index (χ4n) is 2.50. The molecule has 2 aliphatic rings. The summed E-state index contributed by atoms with van der Waals surface area (Å²) in [4.78, 5) is 30.3. The highest BCUT2D eigenvalue weighted by Gasteiger charge is 2.46. The predicted octanol–water partition coefficient (Wildman–Crippen LogP) is 1.02. The van der Waals surface area contributed by atoms with Crippen LogP contribution in [0.15, 0.2) is 18.3 Å². The molecular formula is C14H17N3O2. The number of piperazine rings is 1. The minimum atomic E-state index is -0.480. The number of aryl methyl sites for hydroxylation is 1. The number of hydrogen-bond donors (Lipinski definition) is 1. The molecule has 1 N–H and O–H groups in total. The fraction of sp³-hybridized carbons (Fsp3) is 0.500. The number of hydrogen-bond acceptors (Lipinski definition) is 3. The molecule has 19 heavy (non-hydrogen) atoms. The molecule has 1 aromatic heterocycles. The molecule has 1 aliphatic heterocycles. The monoisotopic (exact) mass is 259 g/mol. The number of carbonyl (C=O) groups excluding carboxylic acids is 2. The number of rotatable bonds is 2. The van der Waals surface area contributed by atoms with E-state index >= 15 is 0 Å².